The highest BCUT2D eigenvalue weighted by atomic mass is 16.1. The second-order valence-corrected chi connectivity index (χ2v) is 4.40. The van der Waals surface area contributed by atoms with Gasteiger partial charge in [-0.2, -0.15) is 0 Å². The lowest BCUT2D eigenvalue weighted by Crippen LogP contribution is -2.53. The average Bonchev–Trinajstić information content (AvgIpc) is 2.18. The number of likely N-dealkylation sites (tertiary alicyclic amines) is 1. The molecule has 3 nitrogen and oxygen atoms in total. The third-order valence-electron chi connectivity index (χ3n) is 3.17. The van der Waals surface area contributed by atoms with Crippen LogP contribution in [0.5, 0.6) is 0 Å². The molecular weight excluding hydrogens is 176 g/mol. The maximum Gasteiger partial charge on any atom is 0.220 e. The Morgan fingerprint density at radius 3 is 2.36 bits per heavy atom. The van der Waals surface area contributed by atoms with E-state index in [9.17, 15) is 4.79 Å². The molecule has 0 bridgehead atoms. The molecule has 1 amide bonds. The van der Waals surface area contributed by atoms with Crippen LogP contribution in [0, 0.1) is 0 Å². The Morgan fingerprint density at radius 1 is 1.36 bits per heavy atom. The van der Waals surface area contributed by atoms with Crippen LogP contribution in [0.3, 0.4) is 0 Å². The molecule has 1 saturated heterocycles. The highest BCUT2D eigenvalue weighted by Gasteiger charge is 2.30. The molecule has 1 N–H and O–H groups in total. The van der Waals surface area contributed by atoms with Crippen molar-refractivity contribution in [1.82, 2.24) is 10.2 Å². The number of piperidine rings is 1. The molecular formula is C11H22N2O. The largest absolute Gasteiger partial charge is 0.351 e. The predicted octanol–water partition coefficient (Wildman–Crippen LogP) is 1.39. The van der Waals surface area contributed by atoms with E-state index in [2.05, 4.69) is 24.1 Å². The van der Waals surface area contributed by atoms with Gasteiger partial charge < -0.3 is 10.2 Å². The molecule has 1 fully saturated rings. The lowest BCUT2D eigenvalue weighted by molar-refractivity contribution is -0.123. The van der Waals surface area contributed by atoms with Crippen LogP contribution in [0.1, 0.15) is 40.0 Å². The minimum absolute atomic E-state index is 0.0404. The molecule has 0 atom stereocenters. The van der Waals surface area contributed by atoms with Gasteiger partial charge in [-0.05, 0) is 26.3 Å². The van der Waals surface area contributed by atoms with E-state index < -0.39 is 0 Å². The zero-order chi connectivity index (χ0) is 10.6. The number of rotatable bonds is 3. The molecule has 82 valence electrons. The van der Waals surface area contributed by atoms with Crippen molar-refractivity contribution in [2.75, 3.05) is 19.6 Å². The van der Waals surface area contributed by atoms with Crippen LogP contribution in [-0.2, 0) is 4.79 Å². The van der Waals surface area contributed by atoms with Crippen molar-refractivity contribution >= 4 is 5.91 Å². The van der Waals surface area contributed by atoms with Crippen LogP contribution >= 0.6 is 0 Å². The van der Waals surface area contributed by atoms with Gasteiger partial charge in [-0.15, -0.1) is 0 Å². The summed E-state index contributed by atoms with van der Waals surface area (Å²) < 4.78 is 0. The van der Waals surface area contributed by atoms with Crippen molar-refractivity contribution in [2.24, 2.45) is 0 Å². The van der Waals surface area contributed by atoms with Crippen molar-refractivity contribution in [3.05, 3.63) is 0 Å². The van der Waals surface area contributed by atoms with Crippen molar-refractivity contribution in [2.45, 2.75) is 45.6 Å². The summed E-state index contributed by atoms with van der Waals surface area (Å²) >= 11 is 0. The molecule has 14 heavy (non-hydrogen) atoms. The van der Waals surface area contributed by atoms with Crippen molar-refractivity contribution in [1.29, 1.82) is 0 Å². The maximum absolute atomic E-state index is 11.3. The first-order chi connectivity index (χ1) is 6.59. The number of carbonyl (C=O) groups is 1. The van der Waals surface area contributed by atoms with Gasteiger partial charge in [0.2, 0.25) is 5.91 Å². The molecule has 1 heterocycles. The summed E-state index contributed by atoms with van der Waals surface area (Å²) in [6, 6.07) is 0. The lowest BCUT2D eigenvalue weighted by Gasteiger charge is -2.39. The molecule has 0 aliphatic carbocycles. The zero-order valence-corrected chi connectivity index (χ0v) is 9.60. The Morgan fingerprint density at radius 2 is 1.93 bits per heavy atom. The van der Waals surface area contributed by atoms with E-state index in [1.807, 2.05) is 6.92 Å². The van der Waals surface area contributed by atoms with Gasteiger partial charge in [-0.1, -0.05) is 13.8 Å². The van der Waals surface area contributed by atoms with Crippen LogP contribution in [0.25, 0.3) is 0 Å². The molecule has 1 aliphatic heterocycles. The van der Waals surface area contributed by atoms with E-state index in [-0.39, 0.29) is 11.4 Å². The van der Waals surface area contributed by atoms with Gasteiger partial charge in [0.1, 0.15) is 0 Å². The first-order valence-electron chi connectivity index (χ1n) is 5.63. The summed E-state index contributed by atoms with van der Waals surface area (Å²) in [5.74, 6) is 0.178. The summed E-state index contributed by atoms with van der Waals surface area (Å²) in [5, 5.41) is 3.12. The Labute approximate surface area is 86.9 Å². The number of nitrogens with zero attached hydrogens (tertiary/aromatic N) is 1. The number of hydrogen-bond acceptors (Lipinski definition) is 2. The summed E-state index contributed by atoms with van der Waals surface area (Å²) in [6.45, 7) is 9.59. The average molecular weight is 198 g/mol. The molecule has 0 unspecified atom stereocenters. The molecule has 0 spiro atoms. The summed E-state index contributed by atoms with van der Waals surface area (Å²) in [5.41, 5.74) is 0.0404. The minimum Gasteiger partial charge on any atom is -0.351 e. The molecule has 0 radical (unpaired) electrons. The number of amides is 1. The van der Waals surface area contributed by atoms with Crippen LogP contribution in [0.4, 0.5) is 0 Å². The number of nitrogens with one attached hydrogen (secondary N) is 1. The zero-order valence-electron chi connectivity index (χ0n) is 9.60. The fraction of sp³-hybridized carbons (Fsp3) is 0.909. The van der Waals surface area contributed by atoms with E-state index in [1.54, 1.807) is 0 Å². The highest BCUT2D eigenvalue weighted by Crippen LogP contribution is 2.21. The van der Waals surface area contributed by atoms with Crippen LogP contribution in [0.15, 0.2) is 0 Å². The Kier molecular flexibility index (Phi) is 3.93. The van der Waals surface area contributed by atoms with Gasteiger partial charge in [-0.25, -0.2) is 0 Å². The summed E-state index contributed by atoms with van der Waals surface area (Å²) in [6.07, 6.45) is 2.74. The van der Waals surface area contributed by atoms with E-state index >= 15 is 0 Å². The molecule has 3 heteroatoms. The number of carbonyl (C=O) groups excluding carboxylic acids is 1. The van der Waals surface area contributed by atoms with Gasteiger partial charge in [0.25, 0.3) is 0 Å². The number of hydrogen-bond donors (Lipinski definition) is 1. The molecule has 1 rings (SSSR count). The molecule has 0 saturated carbocycles. The van der Waals surface area contributed by atoms with Gasteiger partial charge in [0.05, 0.1) is 0 Å². The van der Waals surface area contributed by atoms with E-state index in [1.165, 1.54) is 0 Å². The Hall–Kier alpha value is -0.570. The first-order valence-corrected chi connectivity index (χ1v) is 5.63. The fourth-order valence-corrected chi connectivity index (χ4v) is 1.91. The minimum atomic E-state index is 0.0404. The van der Waals surface area contributed by atoms with E-state index in [0.717, 1.165) is 32.5 Å². The van der Waals surface area contributed by atoms with Gasteiger partial charge in [0.15, 0.2) is 0 Å². The fourth-order valence-electron chi connectivity index (χ4n) is 1.91. The summed E-state index contributed by atoms with van der Waals surface area (Å²) in [7, 11) is 0. The molecule has 0 aromatic carbocycles. The van der Waals surface area contributed by atoms with E-state index in [4.69, 9.17) is 0 Å². The van der Waals surface area contributed by atoms with Crippen LogP contribution in [0.2, 0.25) is 0 Å². The highest BCUT2D eigenvalue weighted by molar-refractivity contribution is 5.76. The molecule has 1 aliphatic rings. The molecule has 0 aromatic rings. The third-order valence-corrected chi connectivity index (χ3v) is 3.17. The standard InChI is InChI=1S/C11H22N2O/c1-4-10(14)12-11(3)6-8-13(5-2)9-7-11/h4-9H2,1-3H3,(H,12,14). The van der Waals surface area contributed by atoms with Crippen LogP contribution < -0.4 is 5.32 Å². The normalized spacial score (nSPS) is 21.9. The second kappa shape index (κ2) is 4.78. The Balaban J connectivity index is 2.41. The third kappa shape index (κ3) is 2.98. The van der Waals surface area contributed by atoms with Crippen molar-refractivity contribution in [3.8, 4) is 0 Å². The van der Waals surface area contributed by atoms with Crippen molar-refractivity contribution < 1.29 is 4.79 Å². The Bertz CT molecular complexity index is 195. The quantitative estimate of drug-likeness (QED) is 0.743. The lowest BCUT2D eigenvalue weighted by atomic mass is 9.89. The van der Waals surface area contributed by atoms with Gasteiger partial charge in [0, 0.05) is 25.0 Å². The van der Waals surface area contributed by atoms with Gasteiger partial charge >= 0.3 is 0 Å². The topological polar surface area (TPSA) is 32.3 Å². The maximum atomic E-state index is 11.3. The SMILES string of the molecule is CCC(=O)NC1(C)CCN(CC)CC1. The summed E-state index contributed by atoms with van der Waals surface area (Å²) in [4.78, 5) is 13.7. The molecule has 0 aromatic heterocycles. The monoisotopic (exact) mass is 198 g/mol. The van der Waals surface area contributed by atoms with Crippen molar-refractivity contribution in [3.63, 3.8) is 0 Å². The first kappa shape index (κ1) is 11.5. The smallest absolute Gasteiger partial charge is 0.220 e. The van der Waals surface area contributed by atoms with Crippen LogP contribution in [-0.4, -0.2) is 36.0 Å². The van der Waals surface area contributed by atoms with Gasteiger partial charge in [-0.3, -0.25) is 4.79 Å². The van der Waals surface area contributed by atoms with E-state index in [0.29, 0.717) is 6.42 Å². The second-order valence-electron chi connectivity index (χ2n) is 4.40. The predicted molar refractivity (Wildman–Crippen MR) is 58.2 cm³/mol.